The highest BCUT2D eigenvalue weighted by atomic mass is 16.5. The summed E-state index contributed by atoms with van der Waals surface area (Å²) in [6.45, 7) is 0. The molecule has 0 aliphatic rings. The third kappa shape index (κ3) is 1.78. The highest BCUT2D eigenvalue weighted by Gasteiger charge is 2.18. The number of hydrogen-bond acceptors (Lipinski definition) is 3. The number of benzene rings is 2. The van der Waals surface area contributed by atoms with Crippen LogP contribution in [0, 0.1) is 0 Å². The van der Waals surface area contributed by atoms with Crippen LogP contribution >= 0.6 is 0 Å². The van der Waals surface area contributed by atoms with Crippen LogP contribution in [-0.2, 0) is 0 Å². The summed E-state index contributed by atoms with van der Waals surface area (Å²) in [7, 11) is 3.00. The van der Waals surface area contributed by atoms with Crippen LogP contribution in [0.25, 0.3) is 10.8 Å². The van der Waals surface area contributed by atoms with Gasteiger partial charge in [0.05, 0.1) is 14.2 Å². The summed E-state index contributed by atoms with van der Waals surface area (Å²) >= 11 is 0. The minimum Gasteiger partial charge on any atom is -0.496 e. The largest absolute Gasteiger partial charge is 0.496 e. The van der Waals surface area contributed by atoms with Gasteiger partial charge in [0.25, 0.3) is 5.91 Å². The number of carbonyl (C=O) groups excluding carboxylic acids is 1. The smallest absolute Gasteiger partial charge is 0.256 e. The average Bonchev–Trinajstić information content (AvgIpc) is 2.35. The van der Waals surface area contributed by atoms with Crippen LogP contribution in [0.4, 0.5) is 0 Å². The third-order valence-corrected chi connectivity index (χ3v) is 2.64. The molecular formula is C13H13NO3. The molecule has 0 fully saturated rings. The summed E-state index contributed by atoms with van der Waals surface area (Å²) in [6.07, 6.45) is 0. The zero-order valence-electron chi connectivity index (χ0n) is 9.69. The Labute approximate surface area is 98.9 Å². The van der Waals surface area contributed by atoms with Crippen LogP contribution in [0.1, 0.15) is 10.4 Å². The molecule has 0 spiro atoms. The first kappa shape index (κ1) is 11.3. The van der Waals surface area contributed by atoms with Crippen molar-refractivity contribution in [3.63, 3.8) is 0 Å². The van der Waals surface area contributed by atoms with Gasteiger partial charge in [-0.2, -0.15) is 0 Å². The van der Waals surface area contributed by atoms with E-state index in [-0.39, 0.29) is 5.56 Å². The van der Waals surface area contributed by atoms with Crippen molar-refractivity contribution < 1.29 is 14.3 Å². The summed E-state index contributed by atoms with van der Waals surface area (Å²) in [5.74, 6) is 0.310. The number of nitrogens with two attached hydrogens (primary N) is 1. The number of ether oxygens (including phenoxy) is 2. The predicted molar refractivity (Wildman–Crippen MR) is 65.6 cm³/mol. The number of primary amides is 1. The number of rotatable bonds is 3. The summed E-state index contributed by atoms with van der Waals surface area (Å²) in [6, 6.07) is 9.36. The monoisotopic (exact) mass is 231 g/mol. The van der Waals surface area contributed by atoms with Crippen molar-refractivity contribution >= 4 is 16.7 Å². The molecule has 0 bridgehead atoms. The van der Waals surface area contributed by atoms with Crippen LogP contribution in [0.5, 0.6) is 11.5 Å². The van der Waals surface area contributed by atoms with E-state index in [1.54, 1.807) is 6.07 Å². The highest BCUT2D eigenvalue weighted by Crippen LogP contribution is 2.36. The molecule has 1 amide bonds. The van der Waals surface area contributed by atoms with Crippen LogP contribution < -0.4 is 15.2 Å². The molecule has 0 unspecified atom stereocenters. The number of hydrogen-bond donors (Lipinski definition) is 1. The van der Waals surface area contributed by atoms with Gasteiger partial charge in [0.1, 0.15) is 17.1 Å². The van der Waals surface area contributed by atoms with Crippen molar-refractivity contribution in [1.82, 2.24) is 0 Å². The molecule has 17 heavy (non-hydrogen) atoms. The number of amides is 1. The van der Waals surface area contributed by atoms with Crippen molar-refractivity contribution in [2.75, 3.05) is 14.2 Å². The predicted octanol–water partition coefficient (Wildman–Crippen LogP) is 1.96. The standard InChI is InChI=1S/C13H13NO3/c1-16-10-7-8-5-3-4-6-9(8)12(17-2)11(10)13(14)15/h3-7H,1-2H3,(H2,14,15). The quantitative estimate of drug-likeness (QED) is 0.878. The molecule has 0 saturated carbocycles. The maximum absolute atomic E-state index is 11.5. The van der Waals surface area contributed by atoms with Crippen LogP contribution in [0.2, 0.25) is 0 Å². The van der Waals surface area contributed by atoms with E-state index in [0.29, 0.717) is 11.5 Å². The molecule has 2 aromatic rings. The molecule has 0 aliphatic carbocycles. The molecule has 0 saturated heterocycles. The fourth-order valence-electron chi connectivity index (χ4n) is 1.90. The van der Waals surface area contributed by atoms with E-state index in [4.69, 9.17) is 15.2 Å². The Morgan fingerprint density at radius 3 is 2.47 bits per heavy atom. The van der Waals surface area contributed by atoms with Crippen molar-refractivity contribution in [1.29, 1.82) is 0 Å². The van der Waals surface area contributed by atoms with Crippen LogP contribution in [0.15, 0.2) is 30.3 Å². The summed E-state index contributed by atoms with van der Waals surface area (Å²) in [5, 5.41) is 1.77. The van der Waals surface area contributed by atoms with Gasteiger partial charge in [0.2, 0.25) is 0 Å². The van der Waals surface area contributed by atoms with E-state index in [9.17, 15) is 4.79 Å². The topological polar surface area (TPSA) is 61.6 Å². The van der Waals surface area contributed by atoms with Crippen molar-refractivity contribution in [3.8, 4) is 11.5 Å². The van der Waals surface area contributed by atoms with Crippen molar-refractivity contribution in [2.45, 2.75) is 0 Å². The Hall–Kier alpha value is -2.23. The van der Waals surface area contributed by atoms with Gasteiger partial charge in [-0.25, -0.2) is 0 Å². The van der Waals surface area contributed by atoms with E-state index in [0.717, 1.165) is 10.8 Å². The minimum atomic E-state index is -0.565. The molecule has 0 radical (unpaired) electrons. The molecule has 4 nitrogen and oxygen atoms in total. The molecular weight excluding hydrogens is 218 g/mol. The van der Waals surface area contributed by atoms with E-state index in [1.165, 1.54) is 14.2 Å². The fourth-order valence-corrected chi connectivity index (χ4v) is 1.90. The average molecular weight is 231 g/mol. The first-order valence-electron chi connectivity index (χ1n) is 5.12. The first-order valence-corrected chi connectivity index (χ1v) is 5.12. The Morgan fingerprint density at radius 1 is 1.18 bits per heavy atom. The number of methoxy groups -OCH3 is 2. The molecule has 88 valence electrons. The minimum absolute atomic E-state index is 0.272. The van der Waals surface area contributed by atoms with Crippen LogP contribution in [0.3, 0.4) is 0 Å². The molecule has 4 heteroatoms. The lowest BCUT2D eigenvalue weighted by Gasteiger charge is -2.13. The number of fused-ring (bicyclic) bond motifs is 1. The molecule has 2 N–H and O–H groups in total. The second-order valence-corrected chi connectivity index (χ2v) is 3.57. The SMILES string of the molecule is COc1cc2ccccc2c(OC)c1C(N)=O. The van der Waals surface area contributed by atoms with Crippen LogP contribution in [-0.4, -0.2) is 20.1 Å². The van der Waals surface area contributed by atoms with Gasteiger partial charge in [-0.15, -0.1) is 0 Å². The van der Waals surface area contributed by atoms with Gasteiger partial charge >= 0.3 is 0 Å². The molecule has 0 atom stereocenters. The molecule has 0 heterocycles. The number of carbonyl (C=O) groups is 1. The Bertz CT molecular complexity index is 578. The summed E-state index contributed by atoms with van der Waals surface area (Å²) < 4.78 is 10.5. The Morgan fingerprint density at radius 2 is 1.88 bits per heavy atom. The van der Waals surface area contributed by atoms with Gasteiger partial charge in [0, 0.05) is 5.39 Å². The van der Waals surface area contributed by atoms with E-state index in [1.807, 2.05) is 24.3 Å². The van der Waals surface area contributed by atoms with Crippen molar-refractivity contribution in [3.05, 3.63) is 35.9 Å². The van der Waals surface area contributed by atoms with Crippen molar-refractivity contribution in [2.24, 2.45) is 5.73 Å². The third-order valence-electron chi connectivity index (χ3n) is 2.64. The molecule has 0 aliphatic heterocycles. The van der Waals surface area contributed by atoms with Gasteiger partial charge in [-0.05, 0) is 11.5 Å². The van der Waals surface area contributed by atoms with Gasteiger partial charge in [0.15, 0.2) is 0 Å². The zero-order chi connectivity index (χ0) is 12.4. The second-order valence-electron chi connectivity index (χ2n) is 3.57. The highest BCUT2D eigenvalue weighted by molar-refractivity contribution is 6.06. The summed E-state index contributed by atoms with van der Waals surface area (Å²) in [5.41, 5.74) is 5.63. The van der Waals surface area contributed by atoms with E-state index in [2.05, 4.69) is 0 Å². The second kappa shape index (κ2) is 4.33. The molecule has 2 rings (SSSR count). The van der Waals surface area contributed by atoms with E-state index < -0.39 is 5.91 Å². The lowest BCUT2D eigenvalue weighted by atomic mass is 10.0. The normalized spacial score (nSPS) is 10.2. The van der Waals surface area contributed by atoms with Gasteiger partial charge in [-0.3, -0.25) is 4.79 Å². The maximum Gasteiger partial charge on any atom is 0.256 e. The lowest BCUT2D eigenvalue weighted by molar-refractivity contribution is 0.0994. The molecule has 2 aromatic carbocycles. The zero-order valence-corrected chi connectivity index (χ0v) is 9.69. The lowest BCUT2D eigenvalue weighted by Crippen LogP contribution is -2.14. The van der Waals surface area contributed by atoms with Gasteiger partial charge in [-0.1, -0.05) is 24.3 Å². The maximum atomic E-state index is 11.5. The Balaban J connectivity index is 2.89. The van der Waals surface area contributed by atoms with Gasteiger partial charge < -0.3 is 15.2 Å². The first-order chi connectivity index (χ1) is 8.19. The molecule has 0 aromatic heterocycles. The Kier molecular flexibility index (Phi) is 2.87. The summed E-state index contributed by atoms with van der Waals surface area (Å²) in [4.78, 5) is 11.5. The van der Waals surface area contributed by atoms with E-state index >= 15 is 0 Å². The fraction of sp³-hybridized carbons (Fsp3) is 0.154.